The zero-order valence-electron chi connectivity index (χ0n) is 10.2. The molecule has 2 N–H and O–H groups in total. The van der Waals surface area contributed by atoms with Gasteiger partial charge in [-0.2, -0.15) is 0 Å². The van der Waals surface area contributed by atoms with Gasteiger partial charge in [-0.05, 0) is 36.4 Å². The van der Waals surface area contributed by atoms with Crippen LogP contribution in [0.25, 0.3) is 0 Å². The van der Waals surface area contributed by atoms with Crippen LogP contribution in [0.15, 0.2) is 42.5 Å². The molecule has 0 fully saturated rings. The molecule has 2 rings (SSSR count). The lowest BCUT2D eigenvalue weighted by molar-refractivity contribution is -0.384. The number of nitro benzene ring substituents is 1. The van der Waals surface area contributed by atoms with Gasteiger partial charge in [0.2, 0.25) is 0 Å². The Morgan fingerprint density at radius 2 is 1.63 bits per heavy atom. The summed E-state index contributed by atoms with van der Waals surface area (Å²) in [7, 11) is 1.57. The normalized spacial score (nSPS) is 9.95. The van der Waals surface area contributed by atoms with Crippen molar-refractivity contribution >= 4 is 11.4 Å². The lowest BCUT2D eigenvalue weighted by Gasteiger charge is -2.07. The Morgan fingerprint density at radius 3 is 2.21 bits per heavy atom. The minimum atomic E-state index is -0.545. The van der Waals surface area contributed by atoms with E-state index >= 15 is 0 Å². The molecule has 0 saturated carbocycles. The molecular formula is C13H12N2O4. The van der Waals surface area contributed by atoms with Crippen molar-refractivity contribution in [1.29, 1.82) is 0 Å². The third-order valence-electron chi connectivity index (χ3n) is 2.49. The average molecular weight is 260 g/mol. The number of hydrogen-bond donors (Lipinski definition) is 1. The number of anilines is 1. The van der Waals surface area contributed by atoms with E-state index in [2.05, 4.69) is 0 Å². The summed E-state index contributed by atoms with van der Waals surface area (Å²) in [4.78, 5) is 10.2. The lowest BCUT2D eigenvalue weighted by atomic mass is 10.2. The van der Waals surface area contributed by atoms with E-state index in [0.29, 0.717) is 17.2 Å². The molecule has 0 spiro atoms. The smallest absolute Gasteiger partial charge is 0.295 e. The molecule has 0 aliphatic carbocycles. The SMILES string of the molecule is COc1ccc(Oc2ccc(N)c([N+](=O)[O-])c2)cc1. The fourth-order valence-electron chi connectivity index (χ4n) is 1.52. The van der Waals surface area contributed by atoms with Crippen molar-refractivity contribution in [3.05, 3.63) is 52.6 Å². The van der Waals surface area contributed by atoms with E-state index in [1.54, 1.807) is 37.4 Å². The van der Waals surface area contributed by atoms with Crippen molar-refractivity contribution < 1.29 is 14.4 Å². The number of rotatable bonds is 4. The van der Waals surface area contributed by atoms with Gasteiger partial charge in [0.25, 0.3) is 5.69 Å². The Hall–Kier alpha value is -2.76. The van der Waals surface area contributed by atoms with E-state index in [9.17, 15) is 10.1 Å². The van der Waals surface area contributed by atoms with Crippen molar-refractivity contribution in [2.45, 2.75) is 0 Å². The number of nitrogens with two attached hydrogens (primary N) is 1. The van der Waals surface area contributed by atoms with Gasteiger partial charge in [0.05, 0.1) is 18.1 Å². The van der Waals surface area contributed by atoms with Crippen molar-refractivity contribution in [1.82, 2.24) is 0 Å². The molecule has 0 amide bonds. The van der Waals surface area contributed by atoms with E-state index in [4.69, 9.17) is 15.2 Å². The van der Waals surface area contributed by atoms with E-state index in [1.165, 1.54) is 12.1 Å². The molecule has 0 atom stereocenters. The first-order chi connectivity index (χ1) is 9.10. The van der Waals surface area contributed by atoms with Crippen molar-refractivity contribution in [2.24, 2.45) is 0 Å². The summed E-state index contributed by atoms with van der Waals surface area (Å²) in [5.41, 5.74) is 5.44. The number of hydrogen-bond acceptors (Lipinski definition) is 5. The van der Waals surface area contributed by atoms with Gasteiger partial charge >= 0.3 is 0 Å². The Bertz CT molecular complexity index is 596. The molecule has 98 valence electrons. The fourth-order valence-corrected chi connectivity index (χ4v) is 1.52. The van der Waals surface area contributed by atoms with Crippen LogP contribution in [0.2, 0.25) is 0 Å². The second-order valence-electron chi connectivity index (χ2n) is 3.76. The quantitative estimate of drug-likeness (QED) is 0.518. The Labute approximate surface area is 109 Å². The maximum absolute atomic E-state index is 10.8. The van der Waals surface area contributed by atoms with Gasteiger partial charge in [-0.1, -0.05) is 0 Å². The maximum Gasteiger partial charge on any atom is 0.295 e. The molecule has 19 heavy (non-hydrogen) atoms. The van der Waals surface area contributed by atoms with E-state index in [-0.39, 0.29) is 11.4 Å². The van der Waals surface area contributed by atoms with Gasteiger partial charge in [-0.3, -0.25) is 10.1 Å². The summed E-state index contributed by atoms with van der Waals surface area (Å²) in [6, 6.07) is 11.2. The summed E-state index contributed by atoms with van der Waals surface area (Å²) < 4.78 is 10.5. The molecule has 6 heteroatoms. The summed E-state index contributed by atoms with van der Waals surface area (Å²) in [6.45, 7) is 0. The van der Waals surface area contributed by atoms with Crippen molar-refractivity contribution in [2.75, 3.05) is 12.8 Å². The van der Waals surface area contributed by atoms with Crippen molar-refractivity contribution in [3.63, 3.8) is 0 Å². The number of benzene rings is 2. The van der Waals surface area contributed by atoms with Crippen molar-refractivity contribution in [3.8, 4) is 17.2 Å². The first-order valence-corrected chi connectivity index (χ1v) is 5.46. The van der Waals surface area contributed by atoms with Crippen LogP contribution in [0.4, 0.5) is 11.4 Å². The molecule has 2 aromatic rings. The van der Waals surface area contributed by atoms with E-state index < -0.39 is 4.92 Å². The molecule has 2 aromatic carbocycles. The maximum atomic E-state index is 10.8. The molecule has 0 aliphatic heterocycles. The largest absolute Gasteiger partial charge is 0.497 e. The zero-order chi connectivity index (χ0) is 13.8. The molecule has 0 radical (unpaired) electrons. The van der Waals surface area contributed by atoms with Crippen LogP contribution in [0.5, 0.6) is 17.2 Å². The second kappa shape index (κ2) is 5.26. The minimum Gasteiger partial charge on any atom is -0.497 e. The van der Waals surface area contributed by atoms with Gasteiger partial charge in [-0.15, -0.1) is 0 Å². The molecule has 0 heterocycles. The highest BCUT2D eigenvalue weighted by Crippen LogP contribution is 2.30. The number of nitro groups is 1. The highest BCUT2D eigenvalue weighted by Gasteiger charge is 2.12. The molecule has 0 saturated heterocycles. The van der Waals surface area contributed by atoms with Crippen LogP contribution in [-0.2, 0) is 0 Å². The highest BCUT2D eigenvalue weighted by molar-refractivity contribution is 5.61. The third kappa shape index (κ3) is 2.92. The highest BCUT2D eigenvalue weighted by atomic mass is 16.6. The van der Waals surface area contributed by atoms with Crippen LogP contribution in [0.3, 0.4) is 0 Å². The first-order valence-electron chi connectivity index (χ1n) is 5.46. The zero-order valence-corrected chi connectivity index (χ0v) is 10.2. The van der Waals surface area contributed by atoms with E-state index in [0.717, 1.165) is 0 Å². The molecule has 6 nitrogen and oxygen atoms in total. The van der Waals surface area contributed by atoms with Crippen LogP contribution in [-0.4, -0.2) is 12.0 Å². The Kier molecular flexibility index (Phi) is 3.51. The molecule has 0 aromatic heterocycles. The van der Waals surface area contributed by atoms with Gasteiger partial charge in [0.15, 0.2) is 0 Å². The van der Waals surface area contributed by atoms with E-state index in [1.807, 2.05) is 0 Å². The van der Waals surface area contributed by atoms with Gasteiger partial charge in [0.1, 0.15) is 22.9 Å². The summed E-state index contributed by atoms with van der Waals surface area (Å²) >= 11 is 0. The predicted molar refractivity (Wildman–Crippen MR) is 70.6 cm³/mol. The predicted octanol–water partition coefficient (Wildman–Crippen LogP) is 2.98. The van der Waals surface area contributed by atoms with Crippen LogP contribution in [0.1, 0.15) is 0 Å². The van der Waals surface area contributed by atoms with Crippen LogP contribution >= 0.6 is 0 Å². The number of nitrogen functional groups attached to an aromatic ring is 1. The monoisotopic (exact) mass is 260 g/mol. The summed E-state index contributed by atoms with van der Waals surface area (Å²) in [6.07, 6.45) is 0. The Morgan fingerprint density at radius 1 is 1.05 bits per heavy atom. The number of nitrogens with zero attached hydrogens (tertiary/aromatic N) is 1. The minimum absolute atomic E-state index is 0.104. The first kappa shape index (κ1) is 12.7. The third-order valence-corrected chi connectivity index (χ3v) is 2.49. The molecule has 0 aliphatic rings. The molecule has 0 unspecified atom stereocenters. The van der Waals surface area contributed by atoms with Gasteiger partial charge in [-0.25, -0.2) is 0 Å². The van der Waals surface area contributed by atoms with Gasteiger partial charge in [0, 0.05) is 0 Å². The molecular weight excluding hydrogens is 248 g/mol. The summed E-state index contributed by atoms with van der Waals surface area (Å²) in [5, 5.41) is 10.8. The number of methoxy groups -OCH3 is 1. The average Bonchev–Trinajstić information content (AvgIpc) is 2.41. The Balaban J connectivity index is 2.22. The molecule has 0 bridgehead atoms. The standard InChI is InChI=1S/C13H12N2O4/c1-18-9-2-4-10(5-3-9)19-11-6-7-12(14)13(8-11)15(16)17/h2-8H,14H2,1H3. The fraction of sp³-hybridized carbons (Fsp3) is 0.0769. The lowest BCUT2D eigenvalue weighted by Crippen LogP contribution is -1.96. The number of ether oxygens (including phenoxy) is 2. The topological polar surface area (TPSA) is 87.6 Å². The van der Waals surface area contributed by atoms with Gasteiger partial charge < -0.3 is 15.2 Å². The van der Waals surface area contributed by atoms with Crippen LogP contribution in [0, 0.1) is 10.1 Å². The van der Waals surface area contributed by atoms with Crippen LogP contribution < -0.4 is 15.2 Å². The summed E-state index contributed by atoms with van der Waals surface area (Å²) in [5.74, 6) is 1.61. The second-order valence-corrected chi connectivity index (χ2v) is 3.76.